The average Bonchev–Trinajstić information content (AvgIpc) is 3.39. The molecule has 1 fully saturated rings. The molecule has 36 heavy (non-hydrogen) atoms. The molecule has 0 bridgehead atoms. The Morgan fingerprint density at radius 2 is 1.81 bits per heavy atom. The van der Waals surface area contributed by atoms with Crippen LogP contribution in [0.3, 0.4) is 0 Å². The fraction of sp³-hybridized carbons (Fsp3) is 0.345. The molecule has 1 aliphatic rings. The number of carbonyl (C=O) groups is 1. The monoisotopic (exact) mass is 479 g/mol. The van der Waals surface area contributed by atoms with Crippen molar-refractivity contribution in [2.45, 2.75) is 64.3 Å². The molecule has 4 aromatic rings. The molecule has 2 heterocycles. The van der Waals surface area contributed by atoms with E-state index < -0.39 is 0 Å². The van der Waals surface area contributed by atoms with Crippen molar-refractivity contribution in [3.05, 3.63) is 87.6 Å². The van der Waals surface area contributed by atoms with Crippen molar-refractivity contribution in [2.75, 3.05) is 0 Å². The number of Topliss-reactive ketones (excluding diaryl/α,β-unsaturated/α-hetero) is 1. The van der Waals surface area contributed by atoms with E-state index in [4.69, 9.17) is 0 Å². The summed E-state index contributed by atoms with van der Waals surface area (Å²) in [6, 6.07) is 17.8. The van der Waals surface area contributed by atoms with Gasteiger partial charge in [-0.2, -0.15) is 15.3 Å². The van der Waals surface area contributed by atoms with Crippen LogP contribution in [-0.4, -0.2) is 24.9 Å². The van der Waals surface area contributed by atoms with E-state index in [1.54, 1.807) is 4.57 Å². The molecule has 7 heteroatoms. The Labute approximate surface area is 210 Å². The summed E-state index contributed by atoms with van der Waals surface area (Å²) in [5.74, 6) is 0.826. The molecular formula is C29H29N5O2. The van der Waals surface area contributed by atoms with Gasteiger partial charge in [-0.3, -0.25) is 14.2 Å². The van der Waals surface area contributed by atoms with Gasteiger partial charge < -0.3 is 0 Å². The fourth-order valence-electron chi connectivity index (χ4n) is 5.21. The van der Waals surface area contributed by atoms with Gasteiger partial charge in [0.15, 0.2) is 0 Å². The van der Waals surface area contributed by atoms with E-state index in [1.807, 2.05) is 53.0 Å². The zero-order valence-corrected chi connectivity index (χ0v) is 20.5. The normalized spacial score (nSPS) is 14.3. The highest BCUT2D eigenvalue weighted by molar-refractivity contribution is 5.79. The quantitative estimate of drug-likeness (QED) is 0.370. The summed E-state index contributed by atoms with van der Waals surface area (Å²) < 4.78 is 3.61. The van der Waals surface area contributed by atoms with Gasteiger partial charge in [-0.15, -0.1) is 0 Å². The number of ketones is 1. The zero-order valence-electron chi connectivity index (χ0n) is 20.5. The van der Waals surface area contributed by atoms with Crippen LogP contribution in [-0.2, 0) is 17.6 Å². The summed E-state index contributed by atoms with van der Waals surface area (Å²) in [6.07, 6.45) is 7.01. The third-order valence-electron chi connectivity index (χ3n) is 7.16. The van der Waals surface area contributed by atoms with Gasteiger partial charge in [-0.25, -0.2) is 4.52 Å². The number of rotatable bonds is 7. The van der Waals surface area contributed by atoms with Crippen LogP contribution in [0.1, 0.15) is 73.9 Å². The summed E-state index contributed by atoms with van der Waals surface area (Å²) in [7, 11) is 0. The number of nitriles is 1. The Balaban J connectivity index is 1.56. The number of hydrogen-bond donors (Lipinski definition) is 0. The minimum absolute atomic E-state index is 0.0279. The molecule has 1 saturated carbocycles. The lowest BCUT2D eigenvalue weighted by Crippen LogP contribution is -2.34. The topological polar surface area (TPSA) is 93.0 Å². The maximum Gasteiger partial charge on any atom is 0.259 e. The number of fused-ring (bicyclic) bond motifs is 1. The predicted molar refractivity (Wildman–Crippen MR) is 138 cm³/mol. The SMILES string of the molecule is CCCCc1c(Cc2ccc(-c3ccccc3C#N)cc2)c(=O)n(C2CCC(=O)CC2)c2ncnn12. The molecule has 0 radical (unpaired) electrons. The minimum atomic E-state index is -0.0502. The summed E-state index contributed by atoms with van der Waals surface area (Å²) >= 11 is 0. The summed E-state index contributed by atoms with van der Waals surface area (Å²) in [5, 5.41) is 14.0. The fourth-order valence-corrected chi connectivity index (χ4v) is 5.21. The third-order valence-corrected chi connectivity index (χ3v) is 7.16. The lowest BCUT2D eigenvalue weighted by molar-refractivity contribution is -0.120. The molecule has 182 valence electrons. The predicted octanol–water partition coefficient (Wildman–Crippen LogP) is 5.05. The number of benzene rings is 2. The first-order valence-corrected chi connectivity index (χ1v) is 12.7. The highest BCUT2D eigenvalue weighted by atomic mass is 16.1. The number of hydrogen-bond acceptors (Lipinski definition) is 5. The Kier molecular flexibility index (Phi) is 6.77. The van der Waals surface area contributed by atoms with Crippen LogP contribution in [0.25, 0.3) is 16.9 Å². The van der Waals surface area contributed by atoms with Crippen molar-refractivity contribution in [3.8, 4) is 17.2 Å². The van der Waals surface area contributed by atoms with Crippen LogP contribution < -0.4 is 5.56 Å². The molecule has 0 saturated heterocycles. The number of aryl methyl sites for hydroxylation is 1. The van der Waals surface area contributed by atoms with E-state index >= 15 is 0 Å². The Morgan fingerprint density at radius 3 is 2.53 bits per heavy atom. The molecule has 7 nitrogen and oxygen atoms in total. The van der Waals surface area contributed by atoms with Crippen molar-refractivity contribution in [2.24, 2.45) is 0 Å². The van der Waals surface area contributed by atoms with Crippen LogP contribution >= 0.6 is 0 Å². The number of aromatic nitrogens is 4. The highest BCUT2D eigenvalue weighted by Crippen LogP contribution is 2.28. The van der Waals surface area contributed by atoms with Crippen molar-refractivity contribution >= 4 is 11.6 Å². The second kappa shape index (κ2) is 10.3. The molecular weight excluding hydrogens is 450 g/mol. The molecule has 0 unspecified atom stereocenters. The first-order chi connectivity index (χ1) is 17.6. The first-order valence-electron chi connectivity index (χ1n) is 12.7. The van der Waals surface area contributed by atoms with Crippen molar-refractivity contribution in [1.29, 1.82) is 5.26 Å². The lowest BCUT2D eigenvalue weighted by Gasteiger charge is -2.25. The molecule has 0 N–H and O–H groups in total. The van der Waals surface area contributed by atoms with Gasteiger partial charge in [0.2, 0.25) is 5.78 Å². The van der Waals surface area contributed by atoms with Gasteiger partial charge >= 0.3 is 0 Å². The highest BCUT2D eigenvalue weighted by Gasteiger charge is 2.27. The van der Waals surface area contributed by atoms with Crippen molar-refractivity contribution < 1.29 is 4.79 Å². The molecule has 2 aromatic heterocycles. The second-order valence-corrected chi connectivity index (χ2v) is 9.48. The van der Waals surface area contributed by atoms with E-state index in [1.165, 1.54) is 6.33 Å². The molecule has 2 aromatic carbocycles. The minimum Gasteiger partial charge on any atom is -0.300 e. The van der Waals surface area contributed by atoms with Crippen LogP contribution in [0.4, 0.5) is 0 Å². The van der Waals surface area contributed by atoms with Crippen LogP contribution in [0, 0.1) is 11.3 Å². The Morgan fingerprint density at radius 1 is 1.06 bits per heavy atom. The number of unbranched alkanes of at least 4 members (excludes halogenated alkanes) is 1. The molecule has 0 aliphatic heterocycles. The Hall–Kier alpha value is -4.05. The van der Waals surface area contributed by atoms with Crippen LogP contribution in [0.5, 0.6) is 0 Å². The smallest absolute Gasteiger partial charge is 0.259 e. The second-order valence-electron chi connectivity index (χ2n) is 9.48. The summed E-state index contributed by atoms with van der Waals surface area (Å²) in [6.45, 7) is 2.14. The molecule has 0 atom stereocenters. The maximum absolute atomic E-state index is 14.0. The van der Waals surface area contributed by atoms with Crippen molar-refractivity contribution in [1.82, 2.24) is 19.2 Å². The van der Waals surface area contributed by atoms with E-state index in [-0.39, 0.29) is 17.4 Å². The van der Waals surface area contributed by atoms with E-state index in [9.17, 15) is 14.9 Å². The molecule has 0 spiro atoms. The summed E-state index contributed by atoms with van der Waals surface area (Å²) in [4.78, 5) is 30.3. The third kappa shape index (κ3) is 4.47. The van der Waals surface area contributed by atoms with Gasteiger partial charge in [0.05, 0.1) is 17.3 Å². The van der Waals surface area contributed by atoms with Gasteiger partial charge in [-0.1, -0.05) is 55.8 Å². The van der Waals surface area contributed by atoms with E-state index in [0.717, 1.165) is 47.2 Å². The van der Waals surface area contributed by atoms with E-state index in [2.05, 4.69) is 23.1 Å². The van der Waals surface area contributed by atoms with Crippen molar-refractivity contribution in [3.63, 3.8) is 0 Å². The van der Waals surface area contributed by atoms with Crippen LogP contribution in [0.15, 0.2) is 59.7 Å². The zero-order chi connectivity index (χ0) is 25.1. The van der Waals surface area contributed by atoms with Crippen LogP contribution in [0.2, 0.25) is 0 Å². The molecule has 0 amide bonds. The largest absolute Gasteiger partial charge is 0.300 e. The lowest BCUT2D eigenvalue weighted by atomic mass is 9.93. The van der Waals surface area contributed by atoms with Gasteiger partial charge in [0, 0.05) is 30.9 Å². The average molecular weight is 480 g/mol. The molecule has 5 rings (SSSR count). The summed E-state index contributed by atoms with van der Waals surface area (Å²) in [5.41, 5.74) is 5.15. The number of nitrogens with zero attached hydrogens (tertiary/aromatic N) is 5. The standard InChI is InChI=1S/C29H29N5O2/c1-2-3-8-27-26(17-20-9-11-21(12-10-20)25-7-5-4-6-22(25)18-30)28(36)33(29-31-19-32-34(27)29)23-13-15-24(35)16-14-23/h4-7,9-12,19,23H,2-3,8,13-17H2,1H3. The van der Waals surface area contributed by atoms with Gasteiger partial charge in [0.25, 0.3) is 5.56 Å². The van der Waals surface area contributed by atoms with Gasteiger partial charge in [0.1, 0.15) is 12.1 Å². The maximum atomic E-state index is 14.0. The first kappa shape index (κ1) is 23.7. The van der Waals surface area contributed by atoms with E-state index in [0.29, 0.717) is 43.4 Å². The number of carbonyl (C=O) groups excluding carboxylic acids is 1. The molecule has 1 aliphatic carbocycles. The van der Waals surface area contributed by atoms with Gasteiger partial charge in [-0.05, 0) is 48.4 Å². The Bertz CT molecular complexity index is 1500.